The summed E-state index contributed by atoms with van der Waals surface area (Å²) < 4.78 is 0. The van der Waals surface area contributed by atoms with Gasteiger partial charge in [-0.2, -0.15) is 0 Å². The van der Waals surface area contributed by atoms with E-state index in [1.807, 2.05) is 60.7 Å². The summed E-state index contributed by atoms with van der Waals surface area (Å²) >= 11 is 0. The second-order valence-electron chi connectivity index (χ2n) is 15.5. The van der Waals surface area contributed by atoms with Crippen LogP contribution in [0.25, 0.3) is 79.2 Å². The Kier molecular flexibility index (Phi) is 7.41. The fourth-order valence-electron chi connectivity index (χ4n) is 9.65. The van der Waals surface area contributed by atoms with Gasteiger partial charge in [-0.05, 0) is 77.3 Å². The molecular formula is C50H37N5. The molecule has 8 aromatic rings. The van der Waals surface area contributed by atoms with Crippen LogP contribution in [0, 0.1) is 17.8 Å². The molecule has 0 saturated heterocycles. The molecule has 2 aromatic heterocycles. The Balaban J connectivity index is 0.999. The first-order valence-electron chi connectivity index (χ1n) is 19.3. The van der Waals surface area contributed by atoms with E-state index in [0.717, 1.165) is 68.1 Å². The van der Waals surface area contributed by atoms with Crippen molar-refractivity contribution in [3.63, 3.8) is 0 Å². The predicted molar refractivity (Wildman–Crippen MR) is 219 cm³/mol. The van der Waals surface area contributed by atoms with Crippen molar-refractivity contribution in [1.29, 1.82) is 0 Å². The van der Waals surface area contributed by atoms with E-state index in [9.17, 15) is 0 Å². The molecule has 3 saturated carbocycles. The van der Waals surface area contributed by atoms with Crippen LogP contribution in [0.3, 0.4) is 0 Å². The van der Waals surface area contributed by atoms with Crippen LogP contribution >= 0.6 is 0 Å². The van der Waals surface area contributed by atoms with Crippen molar-refractivity contribution in [1.82, 2.24) is 24.9 Å². The first kappa shape index (κ1) is 31.9. The van der Waals surface area contributed by atoms with Crippen LogP contribution < -0.4 is 0 Å². The summed E-state index contributed by atoms with van der Waals surface area (Å²) in [5, 5.41) is 0. The predicted octanol–water partition coefficient (Wildman–Crippen LogP) is 11.6. The molecule has 0 N–H and O–H groups in total. The fourth-order valence-corrected chi connectivity index (χ4v) is 9.65. The molecule has 3 aliphatic carbocycles. The van der Waals surface area contributed by atoms with Crippen molar-refractivity contribution in [2.45, 2.75) is 24.7 Å². The molecule has 0 amide bonds. The van der Waals surface area contributed by atoms with Crippen molar-refractivity contribution in [3.05, 3.63) is 175 Å². The molecule has 5 nitrogen and oxygen atoms in total. The summed E-state index contributed by atoms with van der Waals surface area (Å²) in [6, 6.07) is 59.0. The maximum absolute atomic E-state index is 5.27. The minimum atomic E-state index is 0.387. The summed E-state index contributed by atoms with van der Waals surface area (Å²) in [6.45, 7) is 0. The van der Waals surface area contributed by atoms with E-state index in [2.05, 4.69) is 109 Å². The lowest BCUT2D eigenvalue weighted by Crippen LogP contribution is -2.71. The van der Waals surface area contributed by atoms with E-state index in [0.29, 0.717) is 28.7 Å². The topological polar surface area (TPSA) is 64.5 Å². The van der Waals surface area contributed by atoms with Crippen LogP contribution in [0.1, 0.15) is 24.8 Å². The van der Waals surface area contributed by atoms with Gasteiger partial charge in [0.25, 0.3) is 0 Å². The Morgan fingerprint density at radius 1 is 0.345 bits per heavy atom. The smallest absolute Gasteiger partial charge is 0.164 e. The third kappa shape index (κ3) is 5.49. The average molecular weight is 708 g/mol. The van der Waals surface area contributed by atoms with E-state index in [4.69, 9.17) is 24.9 Å². The van der Waals surface area contributed by atoms with Gasteiger partial charge < -0.3 is 0 Å². The third-order valence-electron chi connectivity index (χ3n) is 12.3. The van der Waals surface area contributed by atoms with Gasteiger partial charge >= 0.3 is 0 Å². The molecule has 2 heterocycles. The van der Waals surface area contributed by atoms with Crippen LogP contribution in [0.15, 0.2) is 170 Å². The van der Waals surface area contributed by atoms with Crippen LogP contribution in [-0.2, 0) is 5.41 Å². The highest BCUT2D eigenvalue weighted by Crippen LogP contribution is 2.77. The van der Waals surface area contributed by atoms with Crippen LogP contribution in [0.2, 0.25) is 0 Å². The zero-order chi connectivity index (χ0) is 36.3. The first-order chi connectivity index (χ1) is 27.2. The highest BCUT2D eigenvalue weighted by atomic mass is 15.0. The SMILES string of the molecule is c1ccc(-c2cccc(-c3cc(-c4cccc(C56CC7CC(C5)C76)c4)nc(-c4ccc(-c5nc(-c6ccccc6)nc(-c6ccccc6)n5)cc4)n3)c2)cc1. The summed E-state index contributed by atoms with van der Waals surface area (Å²) in [5.74, 6) is 5.38. The molecular weight excluding hydrogens is 671 g/mol. The monoisotopic (exact) mass is 707 g/mol. The molecule has 6 aromatic carbocycles. The zero-order valence-corrected chi connectivity index (χ0v) is 30.3. The summed E-state index contributed by atoms with van der Waals surface area (Å²) in [7, 11) is 0. The van der Waals surface area contributed by atoms with Gasteiger partial charge in [0.05, 0.1) is 11.4 Å². The maximum Gasteiger partial charge on any atom is 0.164 e. The molecule has 5 heteroatoms. The molecule has 0 radical (unpaired) electrons. The van der Waals surface area contributed by atoms with Crippen molar-refractivity contribution in [2.75, 3.05) is 0 Å². The van der Waals surface area contributed by atoms with Gasteiger partial charge in [0.1, 0.15) is 0 Å². The molecule has 11 rings (SSSR count). The number of hydrogen-bond acceptors (Lipinski definition) is 5. The molecule has 2 atom stereocenters. The molecule has 0 spiro atoms. The summed E-state index contributed by atoms with van der Waals surface area (Å²) in [5.41, 5.74) is 12.0. The Morgan fingerprint density at radius 2 is 0.764 bits per heavy atom. The van der Waals surface area contributed by atoms with Gasteiger partial charge in [-0.1, -0.05) is 152 Å². The zero-order valence-electron chi connectivity index (χ0n) is 30.3. The van der Waals surface area contributed by atoms with Crippen LogP contribution in [-0.4, -0.2) is 24.9 Å². The van der Waals surface area contributed by atoms with Gasteiger partial charge in [0.2, 0.25) is 0 Å². The molecule has 0 bridgehead atoms. The van der Waals surface area contributed by atoms with Crippen LogP contribution in [0.5, 0.6) is 0 Å². The van der Waals surface area contributed by atoms with Gasteiger partial charge in [0.15, 0.2) is 23.3 Å². The third-order valence-corrected chi connectivity index (χ3v) is 12.3. The largest absolute Gasteiger partial charge is 0.228 e. The van der Waals surface area contributed by atoms with Gasteiger partial charge in [-0.15, -0.1) is 0 Å². The Labute approximate surface area is 320 Å². The maximum atomic E-state index is 5.27. The molecule has 262 valence electrons. The van der Waals surface area contributed by atoms with Gasteiger partial charge in [0, 0.05) is 33.4 Å². The Morgan fingerprint density at radius 3 is 1.27 bits per heavy atom. The second-order valence-corrected chi connectivity index (χ2v) is 15.5. The normalized spacial score (nSPS) is 20.4. The van der Waals surface area contributed by atoms with E-state index >= 15 is 0 Å². The highest BCUT2D eigenvalue weighted by molar-refractivity contribution is 5.77. The van der Waals surface area contributed by atoms with Crippen molar-refractivity contribution in [3.8, 4) is 79.2 Å². The first-order valence-corrected chi connectivity index (χ1v) is 19.3. The van der Waals surface area contributed by atoms with Crippen molar-refractivity contribution in [2.24, 2.45) is 17.8 Å². The van der Waals surface area contributed by atoms with E-state index in [-0.39, 0.29) is 0 Å². The Bertz CT molecular complexity index is 2620. The van der Waals surface area contributed by atoms with Gasteiger partial charge in [-0.3, -0.25) is 0 Å². The number of benzene rings is 6. The quantitative estimate of drug-likeness (QED) is 0.157. The molecule has 3 aliphatic rings. The minimum Gasteiger partial charge on any atom is -0.228 e. The van der Waals surface area contributed by atoms with E-state index < -0.39 is 0 Å². The highest BCUT2D eigenvalue weighted by Gasteiger charge is 2.71. The number of hydrogen-bond donors (Lipinski definition) is 0. The number of aromatic nitrogens is 5. The molecule has 0 aliphatic heterocycles. The van der Waals surface area contributed by atoms with Crippen molar-refractivity contribution >= 4 is 0 Å². The van der Waals surface area contributed by atoms with Gasteiger partial charge in [-0.25, -0.2) is 24.9 Å². The molecule has 2 unspecified atom stereocenters. The molecule has 55 heavy (non-hydrogen) atoms. The molecule has 3 fully saturated rings. The van der Waals surface area contributed by atoms with Crippen LogP contribution in [0.4, 0.5) is 0 Å². The Hall–Kier alpha value is -6.59. The fraction of sp³-hybridized carbons (Fsp3) is 0.140. The second kappa shape index (κ2) is 12.8. The standard InChI is InChI=1S/C50H37N5/c1-4-12-32(13-5-1)37-18-10-19-38(26-37)43-29-44(39-20-11-21-42(28-39)50-30-40-27-41(31-50)45(40)50)52-46(51-43)35-22-24-36(25-23-35)49-54-47(33-14-6-2-7-15-33)53-48(55-49)34-16-8-3-9-17-34/h1-26,28-29,40-41,45H,27,30-31H2. The lowest BCUT2D eigenvalue weighted by molar-refractivity contribution is -0.219. The number of nitrogens with zero attached hydrogens (tertiary/aromatic N) is 5. The summed E-state index contributed by atoms with van der Waals surface area (Å²) in [6.07, 6.45) is 4.13. The lowest BCUT2D eigenvalue weighted by atomic mass is 9.28. The average Bonchev–Trinajstić information content (AvgIpc) is 3.27. The van der Waals surface area contributed by atoms with E-state index in [1.54, 1.807) is 0 Å². The van der Waals surface area contributed by atoms with Crippen molar-refractivity contribution < 1.29 is 0 Å². The lowest BCUT2D eigenvalue weighted by Gasteiger charge is -2.76. The summed E-state index contributed by atoms with van der Waals surface area (Å²) in [4.78, 5) is 25.3. The minimum absolute atomic E-state index is 0.387. The van der Waals surface area contributed by atoms with E-state index in [1.165, 1.54) is 30.4 Å². The number of rotatable bonds is 8.